The summed E-state index contributed by atoms with van der Waals surface area (Å²) in [6.45, 7) is 0. The Kier molecular flexibility index (Phi) is 2.55. The molecule has 0 unspecified atom stereocenters. The van der Waals surface area contributed by atoms with E-state index in [4.69, 9.17) is 10.3 Å². The van der Waals surface area contributed by atoms with Crippen LogP contribution in [-0.4, -0.2) is 4.98 Å². The second-order valence-corrected chi connectivity index (χ2v) is 3.82. The van der Waals surface area contributed by atoms with Crippen molar-refractivity contribution < 1.29 is 17.6 Å². The molecule has 4 nitrogen and oxygen atoms in total. The van der Waals surface area contributed by atoms with E-state index < -0.39 is 11.7 Å². The van der Waals surface area contributed by atoms with Crippen LogP contribution in [0.2, 0.25) is 0 Å². The van der Waals surface area contributed by atoms with Crippen molar-refractivity contribution in [3.63, 3.8) is 0 Å². The number of nitrogens with zero attached hydrogens (tertiary/aromatic N) is 1. The molecule has 0 amide bonds. The quantitative estimate of drug-likeness (QED) is 0.627. The molecule has 0 spiro atoms. The number of benzene rings is 1. The molecule has 8 heteroatoms. The Bertz CT molecular complexity index is 537. The largest absolute Gasteiger partial charge is 0.421 e. The van der Waals surface area contributed by atoms with E-state index in [1.54, 1.807) is 0 Å². The number of nitrogens with one attached hydrogen (secondary N) is 1. The Morgan fingerprint density at radius 1 is 1.38 bits per heavy atom. The average molecular weight is 296 g/mol. The first-order chi connectivity index (χ1) is 7.41. The number of alkyl halides is 3. The first-order valence-corrected chi connectivity index (χ1v) is 4.85. The van der Waals surface area contributed by atoms with Crippen molar-refractivity contribution in [2.24, 2.45) is 5.84 Å². The van der Waals surface area contributed by atoms with Gasteiger partial charge in [0.2, 0.25) is 0 Å². The number of halogens is 4. The van der Waals surface area contributed by atoms with Crippen LogP contribution in [0.15, 0.2) is 21.0 Å². The van der Waals surface area contributed by atoms with Crippen LogP contribution < -0.4 is 11.3 Å². The number of anilines is 1. The fourth-order valence-corrected chi connectivity index (χ4v) is 1.75. The van der Waals surface area contributed by atoms with Gasteiger partial charge in [0.15, 0.2) is 5.58 Å². The number of hydrogen-bond donors (Lipinski definition) is 2. The van der Waals surface area contributed by atoms with Crippen LogP contribution >= 0.6 is 15.9 Å². The van der Waals surface area contributed by atoms with Crippen molar-refractivity contribution in [3.05, 3.63) is 22.2 Å². The molecule has 0 saturated heterocycles. The van der Waals surface area contributed by atoms with Crippen LogP contribution in [0.5, 0.6) is 0 Å². The molecule has 0 aliphatic rings. The molecular formula is C8H5BrF3N3O. The summed E-state index contributed by atoms with van der Waals surface area (Å²) in [5, 5.41) is 0. The lowest BCUT2D eigenvalue weighted by Crippen LogP contribution is -2.06. The molecule has 1 heterocycles. The van der Waals surface area contributed by atoms with Gasteiger partial charge in [-0.2, -0.15) is 18.2 Å². The van der Waals surface area contributed by atoms with Crippen molar-refractivity contribution in [2.75, 3.05) is 5.43 Å². The Morgan fingerprint density at radius 2 is 2.06 bits per heavy atom. The highest BCUT2D eigenvalue weighted by Crippen LogP contribution is 2.35. The van der Waals surface area contributed by atoms with Crippen molar-refractivity contribution in [1.29, 1.82) is 0 Å². The zero-order valence-corrected chi connectivity index (χ0v) is 9.19. The maximum Gasteiger partial charge on any atom is 0.416 e. The molecule has 3 N–H and O–H groups in total. The summed E-state index contributed by atoms with van der Waals surface area (Å²) < 4.78 is 42.6. The van der Waals surface area contributed by atoms with Gasteiger partial charge in [-0.05, 0) is 28.1 Å². The molecule has 0 radical (unpaired) electrons. The highest BCUT2D eigenvalue weighted by Gasteiger charge is 2.32. The van der Waals surface area contributed by atoms with E-state index in [1.165, 1.54) is 0 Å². The fraction of sp³-hybridized carbons (Fsp3) is 0.125. The predicted molar refractivity (Wildman–Crippen MR) is 54.5 cm³/mol. The minimum atomic E-state index is -4.42. The zero-order chi connectivity index (χ0) is 11.9. The molecule has 0 aliphatic carbocycles. The monoisotopic (exact) mass is 295 g/mol. The molecule has 2 aromatic rings. The number of oxazole rings is 1. The highest BCUT2D eigenvalue weighted by atomic mass is 79.9. The van der Waals surface area contributed by atoms with E-state index in [0.717, 1.165) is 12.1 Å². The number of fused-ring (bicyclic) bond motifs is 1. The number of nitrogen functional groups attached to an aromatic ring is 1. The fourth-order valence-electron chi connectivity index (χ4n) is 1.22. The maximum atomic E-state index is 12.5. The van der Waals surface area contributed by atoms with Gasteiger partial charge in [0.1, 0.15) is 5.52 Å². The Hall–Kier alpha value is -1.28. The van der Waals surface area contributed by atoms with Crippen molar-refractivity contribution >= 4 is 33.0 Å². The van der Waals surface area contributed by atoms with Gasteiger partial charge in [0, 0.05) is 0 Å². The topological polar surface area (TPSA) is 64.1 Å². The van der Waals surface area contributed by atoms with Crippen LogP contribution in [0.25, 0.3) is 11.1 Å². The van der Waals surface area contributed by atoms with Crippen LogP contribution in [-0.2, 0) is 6.18 Å². The van der Waals surface area contributed by atoms with Crippen molar-refractivity contribution in [2.45, 2.75) is 6.18 Å². The molecule has 0 saturated carbocycles. The normalized spacial score (nSPS) is 12.1. The van der Waals surface area contributed by atoms with Crippen LogP contribution in [0.3, 0.4) is 0 Å². The first kappa shape index (κ1) is 11.2. The van der Waals surface area contributed by atoms with Gasteiger partial charge >= 0.3 is 12.2 Å². The maximum absolute atomic E-state index is 12.5. The number of hydrogen-bond acceptors (Lipinski definition) is 4. The lowest BCUT2D eigenvalue weighted by molar-refractivity contribution is -0.137. The minimum Gasteiger partial charge on any atom is -0.421 e. The van der Waals surface area contributed by atoms with Crippen LogP contribution in [0, 0.1) is 0 Å². The van der Waals surface area contributed by atoms with Crippen LogP contribution in [0.4, 0.5) is 19.2 Å². The molecule has 1 aromatic heterocycles. The lowest BCUT2D eigenvalue weighted by Gasteiger charge is -2.06. The van der Waals surface area contributed by atoms with Crippen LogP contribution in [0.1, 0.15) is 5.56 Å². The van der Waals surface area contributed by atoms with E-state index in [0.29, 0.717) is 0 Å². The van der Waals surface area contributed by atoms with Crippen molar-refractivity contribution in [3.8, 4) is 0 Å². The first-order valence-electron chi connectivity index (χ1n) is 4.05. The number of aromatic nitrogens is 1. The molecule has 0 bridgehead atoms. The summed E-state index contributed by atoms with van der Waals surface area (Å²) in [5.74, 6) is 5.04. The Balaban J connectivity index is 2.67. The van der Waals surface area contributed by atoms with Gasteiger partial charge in [-0.15, -0.1) is 0 Å². The third-order valence-electron chi connectivity index (χ3n) is 1.90. The van der Waals surface area contributed by atoms with Gasteiger partial charge in [-0.25, -0.2) is 5.84 Å². The summed E-state index contributed by atoms with van der Waals surface area (Å²) in [4.78, 5) is 3.73. The third-order valence-corrected chi connectivity index (χ3v) is 2.48. The van der Waals surface area contributed by atoms with Gasteiger partial charge in [-0.3, -0.25) is 5.43 Å². The van der Waals surface area contributed by atoms with Gasteiger partial charge in [-0.1, -0.05) is 0 Å². The zero-order valence-electron chi connectivity index (χ0n) is 7.60. The van der Waals surface area contributed by atoms with E-state index >= 15 is 0 Å². The molecule has 0 atom stereocenters. The third kappa shape index (κ3) is 1.85. The highest BCUT2D eigenvalue weighted by molar-refractivity contribution is 9.10. The molecule has 86 valence electrons. The molecule has 2 rings (SSSR count). The average Bonchev–Trinajstić information content (AvgIpc) is 2.59. The molecule has 0 fully saturated rings. The molecule has 1 aromatic carbocycles. The van der Waals surface area contributed by atoms with E-state index in [1.807, 2.05) is 0 Å². The SMILES string of the molecule is NNc1nc2cc(C(F)(F)F)cc(Br)c2o1. The second kappa shape index (κ2) is 3.63. The lowest BCUT2D eigenvalue weighted by atomic mass is 10.2. The Labute approximate surface area is 95.7 Å². The van der Waals surface area contributed by atoms with Gasteiger partial charge < -0.3 is 4.42 Å². The summed E-state index contributed by atoms with van der Waals surface area (Å²) in [5.41, 5.74) is 1.61. The Morgan fingerprint density at radius 3 is 2.62 bits per heavy atom. The summed E-state index contributed by atoms with van der Waals surface area (Å²) in [7, 11) is 0. The number of rotatable bonds is 1. The molecular weight excluding hydrogens is 291 g/mol. The van der Waals surface area contributed by atoms with Gasteiger partial charge in [0.05, 0.1) is 10.0 Å². The summed E-state index contributed by atoms with van der Waals surface area (Å²) >= 11 is 2.98. The standard InChI is InChI=1S/C8H5BrF3N3O/c9-4-1-3(8(10,11)12)2-5-6(4)16-7(14-5)15-13/h1-2H,13H2,(H,14,15). The van der Waals surface area contributed by atoms with E-state index in [9.17, 15) is 13.2 Å². The van der Waals surface area contributed by atoms with Gasteiger partial charge in [0.25, 0.3) is 0 Å². The van der Waals surface area contributed by atoms with Crippen molar-refractivity contribution in [1.82, 2.24) is 4.98 Å². The molecule has 16 heavy (non-hydrogen) atoms. The number of hydrazine groups is 1. The summed E-state index contributed by atoms with van der Waals surface area (Å²) in [6, 6.07) is 1.77. The molecule has 0 aliphatic heterocycles. The smallest absolute Gasteiger partial charge is 0.416 e. The number of nitrogens with two attached hydrogens (primary N) is 1. The summed E-state index contributed by atoms with van der Waals surface area (Å²) in [6.07, 6.45) is -4.42. The minimum absolute atomic E-state index is 0.0463. The second-order valence-electron chi connectivity index (χ2n) is 2.97. The predicted octanol–water partition coefficient (Wildman–Crippen LogP) is 2.89. The van der Waals surface area contributed by atoms with E-state index in [2.05, 4.69) is 26.3 Å². The van der Waals surface area contributed by atoms with E-state index in [-0.39, 0.29) is 21.6 Å².